The van der Waals surface area contributed by atoms with Crippen LogP contribution in [0.1, 0.15) is 10.4 Å². The second-order valence-electron chi connectivity index (χ2n) is 4.84. The predicted octanol–water partition coefficient (Wildman–Crippen LogP) is 4.13. The van der Waals surface area contributed by atoms with Gasteiger partial charge in [-0.2, -0.15) is 0 Å². The number of carbonyl (C=O) groups excluding carboxylic acids is 1. The molecular formula is C14H7BrN4O5S. The third kappa shape index (κ3) is 3.61. The molecule has 0 saturated carbocycles. The first-order valence-electron chi connectivity index (χ1n) is 6.65. The summed E-state index contributed by atoms with van der Waals surface area (Å²) in [6, 6.07) is 8.16. The first-order chi connectivity index (χ1) is 11.8. The molecule has 2 aromatic carbocycles. The lowest BCUT2D eigenvalue weighted by Gasteiger charge is -2.02. The average Bonchev–Trinajstić information content (AvgIpc) is 2.95. The lowest BCUT2D eigenvalue weighted by atomic mass is 10.1. The van der Waals surface area contributed by atoms with Crippen molar-refractivity contribution in [3.8, 4) is 0 Å². The Morgan fingerprint density at radius 2 is 1.72 bits per heavy atom. The van der Waals surface area contributed by atoms with Crippen LogP contribution in [0.4, 0.5) is 16.5 Å². The molecule has 1 amide bonds. The van der Waals surface area contributed by atoms with E-state index in [4.69, 9.17) is 0 Å². The van der Waals surface area contributed by atoms with E-state index >= 15 is 0 Å². The quantitative estimate of drug-likeness (QED) is 0.496. The Labute approximate surface area is 151 Å². The van der Waals surface area contributed by atoms with Gasteiger partial charge in [0.2, 0.25) is 0 Å². The van der Waals surface area contributed by atoms with Crippen molar-refractivity contribution in [2.24, 2.45) is 0 Å². The zero-order valence-corrected chi connectivity index (χ0v) is 14.5. The van der Waals surface area contributed by atoms with Crippen LogP contribution in [0.15, 0.2) is 40.9 Å². The van der Waals surface area contributed by atoms with Crippen LogP contribution in [0.3, 0.4) is 0 Å². The molecule has 9 nitrogen and oxygen atoms in total. The monoisotopic (exact) mass is 422 g/mol. The van der Waals surface area contributed by atoms with Crippen molar-refractivity contribution in [2.75, 3.05) is 5.32 Å². The molecule has 1 heterocycles. The summed E-state index contributed by atoms with van der Waals surface area (Å²) in [7, 11) is 0. The minimum atomic E-state index is -0.793. The molecular weight excluding hydrogens is 416 g/mol. The number of hydrogen-bond acceptors (Lipinski definition) is 7. The van der Waals surface area contributed by atoms with Crippen LogP contribution < -0.4 is 5.32 Å². The molecule has 0 bridgehead atoms. The molecule has 0 aliphatic heterocycles. The zero-order valence-electron chi connectivity index (χ0n) is 12.1. The number of amides is 1. The van der Waals surface area contributed by atoms with Crippen LogP contribution in [-0.4, -0.2) is 20.7 Å². The smallest absolute Gasteiger partial charge is 0.277 e. The molecule has 126 valence electrons. The summed E-state index contributed by atoms with van der Waals surface area (Å²) in [6.45, 7) is 0. The van der Waals surface area contributed by atoms with Gasteiger partial charge in [-0.15, -0.1) is 0 Å². The molecule has 3 aromatic rings. The minimum absolute atomic E-state index is 0.193. The van der Waals surface area contributed by atoms with Crippen LogP contribution in [0.25, 0.3) is 10.2 Å². The van der Waals surface area contributed by atoms with Gasteiger partial charge in [-0.1, -0.05) is 27.3 Å². The number of halogens is 1. The Kier molecular flexibility index (Phi) is 4.42. The highest BCUT2D eigenvalue weighted by Gasteiger charge is 2.20. The molecule has 0 saturated heterocycles. The summed E-state index contributed by atoms with van der Waals surface area (Å²) < 4.78 is 1.69. The van der Waals surface area contributed by atoms with E-state index in [1.165, 1.54) is 11.3 Å². The van der Waals surface area contributed by atoms with E-state index in [9.17, 15) is 25.0 Å². The van der Waals surface area contributed by atoms with Crippen molar-refractivity contribution in [2.45, 2.75) is 0 Å². The van der Waals surface area contributed by atoms with Crippen molar-refractivity contribution in [3.63, 3.8) is 0 Å². The van der Waals surface area contributed by atoms with E-state index in [2.05, 4.69) is 26.2 Å². The number of nitrogens with one attached hydrogen (secondary N) is 1. The summed E-state index contributed by atoms with van der Waals surface area (Å²) in [5, 5.41) is 24.6. The molecule has 0 spiro atoms. The van der Waals surface area contributed by atoms with Gasteiger partial charge in [-0.3, -0.25) is 30.3 Å². The highest BCUT2D eigenvalue weighted by atomic mass is 79.9. The van der Waals surface area contributed by atoms with E-state index in [1.54, 1.807) is 12.1 Å². The highest BCUT2D eigenvalue weighted by Crippen LogP contribution is 2.29. The van der Waals surface area contributed by atoms with Gasteiger partial charge in [-0.05, 0) is 18.2 Å². The van der Waals surface area contributed by atoms with Crippen molar-refractivity contribution in [1.82, 2.24) is 4.98 Å². The lowest BCUT2D eigenvalue weighted by Crippen LogP contribution is -2.12. The number of fused-ring (bicyclic) bond motifs is 1. The first kappa shape index (κ1) is 16.9. The molecule has 1 aromatic heterocycles. The van der Waals surface area contributed by atoms with Gasteiger partial charge >= 0.3 is 0 Å². The first-order valence-corrected chi connectivity index (χ1v) is 8.26. The van der Waals surface area contributed by atoms with Crippen LogP contribution in [0, 0.1) is 20.2 Å². The van der Waals surface area contributed by atoms with Gasteiger partial charge in [-0.25, -0.2) is 4.98 Å². The number of anilines is 1. The number of nitro benzene ring substituents is 2. The molecule has 0 aliphatic carbocycles. The van der Waals surface area contributed by atoms with Gasteiger partial charge in [0.25, 0.3) is 17.3 Å². The zero-order chi connectivity index (χ0) is 18.1. The van der Waals surface area contributed by atoms with Crippen LogP contribution >= 0.6 is 27.3 Å². The Hall–Kier alpha value is -2.92. The number of aromatic nitrogens is 1. The van der Waals surface area contributed by atoms with E-state index in [0.29, 0.717) is 5.52 Å². The third-order valence-electron chi connectivity index (χ3n) is 3.16. The Balaban J connectivity index is 1.94. The number of hydrogen-bond donors (Lipinski definition) is 1. The number of rotatable bonds is 4. The molecule has 1 N–H and O–H groups in total. The number of nitrogens with zero attached hydrogens (tertiary/aromatic N) is 3. The van der Waals surface area contributed by atoms with Gasteiger partial charge in [0.15, 0.2) is 5.13 Å². The third-order valence-corrected chi connectivity index (χ3v) is 4.58. The molecule has 0 aliphatic rings. The standard InChI is InChI=1S/C14H7BrN4O5S/c15-8-1-2-11-12(5-8)25-14(16-11)17-13(20)7-3-9(18(21)22)6-10(4-7)19(23)24/h1-6H,(H,16,17,20). The summed E-state index contributed by atoms with van der Waals surface area (Å²) in [5.74, 6) is -0.718. The topological polar surface area (TPSA) is 128 Å². The molecule has 25 heavy (non-hydrogen) atoms. The number of carbonyl (C=O) groups is 1. The van der Waals surface area contributed by atoms with E-state index in [1.807, 2.05) is 6.07 Å². The van der Waals surface area contributed by atoms with Gasteiger partial charge in [0, 0.05) is 16.6 Å². The normalized spacial score (nSPS) is 10.6. The SMILES string of the molecule is O=C(Nc1nc2ccc(Br)cc2s1)c1cc([N+](=O)[O-])cc([N+](=O)[O-])c1. The highest BCUT2D eigenvalue weighted by molar-refractivity contribution is 9.10. The maximum absolute atomic E-state index is 12.3. The summed E-state index contributed by atoms with van der Waals surface area (Å²) >= 11 is 4.55. The average molecular weight is 423 g/mol. The Bertz CT molecular complexity index is 1000. The van der Waals surface area contributed by atoms with Crippen LogP contribution in [0.2, 0.25) is 0 Å². The van der Waals surface area contributed by atoms with Crippen molar-refractivity contribution < 1.29 is 14.6 Å². The minimum Gasteiger partial charge on any atom is -0.298 e. The van der Waals surface area contributed by atoms with Gasteiger partial charge in [0.05, 0.1) is 31.7 Å². The lowest BCUT2D eigenvalue weighted by molar-refractivity contribution is -0.394. The summed E-state index contributed by atoms with van der Waals surface area (Å²) in [4.78, 5) is 36.7. The molecule has 0 atom stereocenters. The molecule has 0 unspecified atom stereocenters. The fourth-order valence-corrected chi connectivity index (χ4v) is 3.47. The Morgan fingerprint density at radius 1 is 1.08 bits per heavy atom. The molecule has 11 heteroatoms. The van der Waals surface area contributed by atoms with Crippen molar-refractivity contribution in [1.29, 1.82) is 0 Å². The van der Waals surface area contributed by atoms with Crippen molar-refractivity contribution >= 4 is 59.9 Å². The van der Waals surface area contributed by atoms with Gasteiger partial charge < -0.3 is 0 Å². The van der Waals surface area contributed by atoms with Crippen molar-refractivity contribution in [3.05, 3.63) is 66.7 Å². The van der Waals surface area contributed by atoms with E-state index in [-0.39, 0.29) is 10.7 Å². The summed E-state index contributed by atoms with van der Waals surface area (Å²) in [5.41, 5.74) is -0.588. The number of benzene rings is 2. The van der Waals surface area contributed by atoms with Crippen LogP contribution in [0.5, 0.6) is 0 Å². The molecule has 0 radical (unpaired) electrons. The number of thiazole rings is 1. The molecule has 3 rings (SSSR count). The maximum Gasteiger partial charge on any atom is 0.277 e. The Morgan fingerprint density at radius 3 is 2.32 bits per heavy atom. The number of nitro groups is 2. The predicted molar refractivity (Wildman–Crippen MR) is 95.0 cm³/mol. The van der Waals surface area contributed by atoms with Crippen LogP contribution in [-0.2, 0) is 0 Å². The van der Waals surface area contributed by atoms with E-state index in [0.717, 1.165) is 27.4 Å². The fourth-order valence-electron chi connectivity index (χ4n) is 2.06. The maximum atomic E-state index is 12.3. The molecule has 0 fully saturated rings. The fraction of sp³-hybridized carbons (Fsp3) is 0. The second-order valence-corrected chi connectivity index (χ2v) is 6.78. The number of non-ortho nitro benzene ring substituents is 2. The largest absolute Gasteiger partial charge is 0.298 e. The van der Waals surface area contributed by atoms with Gasteiger partial charge in [0.1, 0.15) is 0 Å². The summed E-state index contributed by atoms with van der Waals surface area (Å²) in [6.07, 6.45) is 0. The second kappa shape index (κ2) is 6.53. The van der Waals surface area contributed by atoms with E-state index < -0.39 is 27.1 Å².